The molecule has 1 rings (SSSR count). The number of hydrogen-bond donors (Lipinski definition) is 1. The predicted octanol–water partition coefficient (Wildman–Crippen LogP) is 0.402. The molecule has 0 radical (unpaired) electrons. The molecule has 4 nitrogen and oxygen atoms in total. The summed E-state index contributed by atoms with van der Waals surface area (Å²) in [6.07, 6.45) is 1.51. The third-order valence-electron chi connectivity index (χ3n) is 2.39. The van der Waals surface area contributed by atoms with Crippen molar-refractivity contribution in [2.24, 2.45) is 0 Å². The first kappa shape index (κ1) is 12.2. The molecule has 1 heterocycles. The Morgan fingerprint density at radius 3 is 2.50 bits per heavy atom. The van der Waals surface area contributed by atoms with Crippen molar-refractivity contribution < 1.29 is 13.5 Å². The lowest BCUT2D eigenvalue weighted by atomic mass is 9.92. The lowest BCUT2D eigenvalue weighted by Crippen LogP contribution is -2.63. The van der Waals surface area contributed by atoms with Crippen molar-refractivity contribution in [3.05, 3.63) is 0 Å². The molecule has 0 saturated carbocycles. The molecule has 0 spiro atoms. The van der Waals surface area contributed by atoms with Crippen LogP contribution in [0.5, 0.6) is 0 Å². The molecule has 0 aromatic carbocycles. The summed E-state index contributed by atoms with van der Waals surface area (Å²) in [5.41, 5.74) is -0.797. The van der Waals surface area contributed by atoms with Crippen molar-refractivity contribution >= 4 is 21.6 Å². The molecule has 1 fully saturated rings. The van der Waals surface area contributed by atoms with Crippen molar-refractivity contribution in [1.29, 1.82) is 0 Å². The topological polar surface area (TPSA) is 57.6 Å². The number of hydrogen-bond acceptors (Lipinski definition) is 3. The Kier molecular flexibility index (Phi) is 3.80. The van der Waals surface area contributed by atoms with Gasteiger partial charge in [0, 0.05) is 19.0 Å². The Morgan fingerprint density at radius 1 is 1.50 bits per heavy atom. The largest absolute Gasteiger partial charge is 0.387 e. The maximum absolute atomic E-state index is 11.4. The highest BCUT2D eigenvalue weighted by molar-refractivity contribution is 7.89. The molecule has 0 atom stereocenters. The van der Waals surface area contributed by atoms with Gasteiger partial charge in [-0.25, -0.2) is 8.42 Å². The number of aliphatic hydroxyl groups is 1. The molecule has 84 valence electrons. The second-order valence-corrected chi connectivity index (χ2v) is 6.21. The highest BCUT2D eigenvalue weighted by atomic mass is 35.5. The minimum Gasteiger partial charge on any atom is -0.387 e. The molecule has 0 bridgehead atoms. The van der Waals surface area contributed by atoms with E-state index in [4.69, 9.17) is 11.6 Å². The molecule has 1 N–H and O–H groups in total. The van der Waals surface area contributed by atoms with Crippen LogP contribution in [-0.2, 0) is 10.0 Å². The molecule has 0 aromatic rings. The third-order valence-corrected chi connectivity index (χ3v) is 4.56. The molecule has 1 aliphatic rings. The van der Waals surface area contributed by atoms with Crippen LogP contribution < -0.4 is 0 Å². The van der Waals surface area contributed by atoms with Crippen LogP contribution in [0.15, 0.2) is 0 Å². The molecule has 0 aromatic heterocycles. The number of alkyl halides is 1. The average molecular weight is 242 g/mol. The van der Waals surface area contributed by atoms with Gasteiger partial charge in [0.05, 0.1) is 11.4 Å². The fourth-order valence-electron chi connectivity index (χ4n) is 1.66. The summed E-state index contributed by atoms with van der Waals surface area (Å²) in [7, 11) is -3.22. The lowest BCUT2D eigenvalue weighted by Gasteiger charge is -2.45. The van der Waals surface area contributed by atoms with E-state index in [0.717, 1.165) is 6.42 Å². The molecular weight excluding hydrogens is 226 g/mol. The fourth-order valence-corrected chi connectivity index (χ4v) is 3.57. The van der Waals surface area contributed by atoms with E-state index in [-0.39, 0.29) is 24.7 Å². The van der Waals surface area contributed by atoms with E-state index in [1.54, 1.807) is 0 Å². The van der Waals surface area contributed by atoms with Gasteiger partial charge in [0.2, 0.25) is 10.0 Å². The average Bonchev–Trinajstić information content (AvgIpc) is 2.00. The second-order valence-electron chi connectivity index (χ2n) is 3.75. The van der Waals surface area contributed by atoms with Crippen LogP contribution in [-0.4, -0.2) is 48.2 Å². The molecule has 6 heteroatoms. The third kappa shape index (κ3) is 2.59. The van der Waals surface area contributed by atoms with Gasteiger partial charge in [0.15, 0.2) is 0 Å². The monoisotopic (exact) mass is 241 g/mol. The maximum Gasteiger partial charge on any atom is 0.215 e. The standard InChI is InChI=1S/C8H16ClNO3S/c1-2-3-8(11)6-10(7-8)14(12,13)5-4-9/h11H,2-7H2,1H3. The molecule has 14 heavy (non-hydrogen) atoms. The first-order chi connectivity index (χ1) is 6.43. The van der Waals surface area contributed by atoms with Gasteiger partial charge in [0.1, 0.15) is 0 Å². The number of sulfonamides is 1. The van der Waals surface area contributed by atoms with Crippen LogP contribution in [0.25, 0.3) is 0 Å². The van der Waals surface area contributed by atoms with Gasteiger partial charge in [-0.15, -0.1) is 11.6 Å². The number of nitrogens with zero attached hydrogens (tertiary/aromatic N) is 1. The Labute approximate surface area is 89.9 Å². The van der Waals surface area contributed by atoms with Crippen LogP contribution in [0.4, 0.5) is 0 Å². The zero-order chi connectivity index (χ0) is 10.8. The van der Waals surface area contributed by atoms with Crippen LogP contribution in [0.3, 0.4) is 0 Å². The quantitative estimate of drug-likeness (QED) is 0.709. The van der Waals surface area contributed by atoms with Gasteiger partial charge < -0.3 is 5.11 Å². The molecule has 1 saturated heterocycles. The molecule has 0 amide bonds. The normalized spacial score (nSPS) is 21.9. The van der Waals surface area contributed by atoms with Crippen molar-refractivity contribution in [2.75, 3.05) is 24.7 Å². The van der Waals surface area contributed by atoms with Crippen LogP contribution in [0.1, 0.15) is 19.8 Å². The summed E-state index contributed by atoms with van der Waals surface area (Å²) in [6, 6.07) is 0. The van der Waals surface area contributed by atoms with Crippen LogP contribution in [0, 0.1) is 0 Å². The van der Waals surface area contributed by atoms with Gasteiger partial charge in [-0.05, 0) is 6.42 Å². The summed E-state index contributed by atoms with van der Waals surface area (Å²) in [5.74, 6) is 0.0573. The zero-order valence-corrected chi connectivity index (χ0v) is 9.81. The molecule has 0 unspecified atom stereocenters. The number of β-amino-alcohol motifs (C(OH)–C–C–N with tert-alkyl or cyclic N) is 1. The van der Waals surface area contributed by atoms with E-state index < -0.39 is 15.6 Å². The molecule has 0 aliphatic carbocycles. The summed E-state index contributed by atoms with van der Waals surface area (Å²) in [4.78, 5) is 0. The van der Waals surface area contributed by atoms with Gasteiger partial charge in [-0.2, -0.15) is 4.31 Å². The summed E-state index contributed by atoms with van der Waals surface area (Å²) >= 11 is 5.38. The van der Waals surface area contributed by atoms with E-state index in [1.165, 1.54) is 4.31 Å². The Morgan fingerprint density at radius 2 is 2.07 bits per heavy atom. The molecular formula is C8H16ClNO3S. The van der Waals surface area contributed by atoms with E-state index in [0.29, 0.717) is 6.42 Å². The van der Waals surface area contributed by atoms with Crippen molar-refractivity contribution in [2.45, 2.75) is 25.4 Å². The number of halogens is 1. The second kappa shape index (κ2) is 4.35. The maximum atomic E-state index is 11.4. The van der Waals surface area contributed by atoms with Crippen LogP contribution in [0.2, 0.25) is 0 Å². The summed E-state index contributed by atoms with van der Waals surface area (Å²) in [5, 5.41) is 9.77. The van der Waals surface area contributed by atoms with Gasteiger partial charge >= 0.3 is 0 Å². The van der Waals surface area contributed by atoms with E-state index >= 15 is 0 Å². The van der Waals surface area contributed by atoms with Gasteiger partial charge in [-0.1, -0.05) is 13.3 Å². The SMILES string of the molecule is CCCC1(O)CN(S(=O)(=O)CCCl)C1. The highest BCUT2D eigenvalue weighted by Gasteiger charge is 2.45. The van der Waals surface area contributed by atoms with Crippen molar-refractivity contribution in [3.8, 4) is 0 Å². The Balaban J connectivity index is 2.48. The van der Waals surface area contributed by atoms with Crippen molar-refractivity contribution in [3.63, 3.8) is 0 Å². The Bertz CT molecular complexity index is 285. The minimum atomic E-state index is -3.22. The highest BCUT2D eigenvalue weighted by Crippen LogP contribution is 2.28. The zero-order valence-electron chi connectivity index (χ0n) is 8.24. The Hall–Kier alpha value is 0.160. The lowest BCUT2D eigenvalue weighted by molar-refractivity contribution is -0.0652. The summed E-state index contributed by atoms with van der Waals surface area (Å²) < 4.78 is 24.2. The van der Waals surface area contributed by atoms with Crippen molar-refractivity contribution in [1.82, 2.24) is 4.31 Å². The smallest absolute Gasteiger partial charge is 0.215 e. The van der Waals surface area contributed by atoms with Gasteiger partial charge in [-0.3, -0.25) is 0 Å². The first-order valence-corrected chi connectivity index (χ1v) is 6.84. The molecule has 1 aliphatic heterocycles. The van der Waals surface area contributed by atoms with Gasteiger partial charge in [0.25, 0.3) is 0 Å². The van der Waals surface area contributed by atoms with Crippen LogP contribution >= 0.6 is 11.6 Å². The predicted molar refractivity (Wildman–Crippen MR) is 55.9 cm³/mol. The minimum absolute atomic E-state index is 0.0449. The fraction of sp³-hybridized carbons (Fsp3) is 1.00. The summed E-state index contributed by atoms with van der Waals surface area (Å²) in [6.45, 7) is 2.41. The van der Waals surface area contributed by atoms with E-state index in [9.17, 15) is 13.5 Å². The van der Waals surface area contributed by atoms with E-state index in [2.05, 4.69) is 0 Å². The number of rotatable bonds is 5. The van der Waals surface area contributed by atoms with E-state index in [1.807, 2.05) is 6.92 Å². The first-order valence-electron chi connectivity index (χ1n) is 4.70.